The number of rotatable bonds is 8. The Hall–Kier alpha value is -4.84. The van der Waals surface area contributed by atoms with E-state index in [4.69, 9.17) is 15.2 Å². The summed E-state index contributed by atoms with van der Waals surface area (Å²) in [6.07, 6.45) is 3.32. The van der Waals surface area contributed by atoms with Crippen LogP contribution in [0.2, 0.25) is 0 Å². The molecule has 1 aliphatic carbocycles. The SMILES string of the molecule is CCOC(=O)C1=C(N)N(c2ccc([N+](=O)[O-])cc2C)C2=C(C(=O)[C@H](C(=O)OCC)[C@H](c3cccs3)C2)[C@H]1c1cccnc1. The van der Waals surface area contributed by atoms with Gasteiger partial charge in [-0.25, -0.2) is 4.79 Å². The number of benzene rings is 1. The number of nitrogens with zero attached hydrogens (tertiary/aromatic N) is 3. The van der Waals surface area contributed by atoms with E-state index in [-0.39, 0.29) is 42.3 Å². The van der Waals surface area contributed by atoms with E-state index in [1.165, 1.54) is 23.5 Å². The molecule has 43 heavy (non-hydrogen) atoms. The van der Waals surface area contributed by atoms with Crippen LogP contribution in [0.25, 0.3) is 0 Å². The predicted molar refractivity (Wildman–Crippen MR) is 159 cm³/mol. The lowest BCUT2D eigenvalue weighted by molar-refractivity contribution is -0.384. The van der Waals surface area contributed by atoms with Gasteiger partial charge >= 0.3 is 11.9 Å². The Kier molecular flexibility index (Phi) is 8.40. The van der Waals surface area contributed by atoms with Crippen LogP contribution in [-0.2, 0) is 23.9 Å². The second-order valence-electron chi connectivity index (χ2n) is 10.1. The summed E-state index contributed by atoms with van der Waals surface area (Å²) < 4.78 is 10.8. The first-order valence-corrected chi connectivity index (χ1v) is 14.7. The van der Waals surface area contributed by atoms with Crippen molar-refractivity contribution in [2.24, 2.45) is 11.7 Å². The average Bonchev–Trinajstić information content (AvgIpc) is 3.52. The van der Waals surface area contributed by atoms with E-state index in [0.29, 0.717) is 22.5 Å². The number of Topliss-reactive ketones (excluding diaryl/α,β-unsaturated/α-hetero) is 1. The Balaban J connectivity index is 1.83. The van der Waals surface area contributed by atoms with Crippen molar-refractivity contribution in [1.82, 2.24) is 4.98 Å². The minimum Gasteiger partial charge on any atom is -0.465 e. The fraction of sp³-hybridized carbons (Fsp3) is 0.290. The van der Waals surface area contributed by atoms with Gasteiger partial charge in [0.25, 0.3) is 5.69 Å². The lowest BCUT2D eigenvalue weighted by Gasteiger charge is -2.44. The molecule has 0 unspecified atom stereocenters. The van der Waals surface area contributed by atoms with Crippen LogP contribution in [0.4, 0.5) is 11.4 Å². The van der Waals surface area contributed by atoms with E-state index >= 15 is 0 Å². The molecule has 0 amide bonds. The van der Waals surface area contributed by atoms with Gasteiger partial charge in [-0.3, -0.25) is 29.6 Å². The summed E-state index contributed by atoms with van der Waals surface area (Å²) in [5, 5.41) is 13.4. The lowest BCUT2D eigenvalue weighted by Crippen LogP contribution is -2.46. The van der Waals surface area contributed by atoms with Crippen LogP contribution >= 0.6 is 11.3 Å². The molecule has 222 valence electrons. The summed E-state index contributed by atoms with van der Waals surface area (Å²) in [4.78, 5) is 59.4. The molecule has 0 radical (unpaired) electrons. The molecule has 5 rings (SSSR count). The number of esters is 2. The first-order chi connectivity index (χ1) is 20.7. The number of allylic oxidation sites excluding steroid dienone is 2. The fourth-order valence-electron chi connectivity index (χ4n) is 5.87. The van der Waals surface area contributed by atoms with Crippen molar-refractivity contribution in [2.45, 2.75) is 39.0 Å². The quantitative estimate of drug-likeness (QED) is 0.163. The number of hydrogen-bond acceptors (Lipinski definition) is 11. The third-order valence-corrected chi connectivity index (χ3v) is 8.64. The van der Waals surface area contributed by atoms with Crippen LogP contribution in [0.1, 0.15) is 48.1 Å². The van der Waals surface area contributed by atoms with E-state index in [9.17, 15) is 24.5 Å². The number of ketones is 1. The van der Waals surface area contributed by atoms with Gasteiger partial charge in [0.2, 0.25) is 0 Å². The van der Waals surface area contributed by atoms with E-state index in [2.05, 4.69) is 4.98 Å². The molecule has 1 aliphatic heterocycles. The molecule has 0 spiro atoms. The van der Waals surface area contributed by atoms with Crippen molar-refractivity contribution >= 4 is 40.4 Å². The minimum atomic E-state index is -1.17. The van der Waals surface area contributed by atoms with E-state index in [1.54, 1.807) is 56.3 Å². The Morgan fingerprint density at radius 3 is 2.53 bits per heavy atom. The second-order valence-corrected chi connectivity index (χ2v) is 11.1. The molecule has 0 saturated heterocycles. The largest absolute Gasteiger partial charge is 0.465 e. The first-order valence-electron chi connectivity index (χ1n) is 13.8. The van der Waals surface area contributed by atoms with Crippen molar-refractivity contribution in [3.05, 3.63) is 109 Å². The van der Waals surface area contributed by atoms with Gasteiger partial charge < -0.3 is 15.2 Å². The highest BCUT2D eigenvalue weighted by Crippen LogP contribution is 2.52. The normalized spacial score (nSPS) is 20.1. The van der Waals surface area contributed by atoms with Gasteiger partial charge in [-0.1, -0.05) is 12.1 Å². The number of nitrogens with two attached hydrogens (primary N) is 1. The van der Waals surface area contributed by atoms with Gasteiger partial charge in [-0.15, -0.1) is 11.3 Å². The average molecular weight is 603 g/mol. The van der Waals surface area contributed by atoms with Gasteiger partial charge in [0.1, 0.15) is 11.7 Å². The maximum absolute atomic E-state index is 14.7. The third-order valence-electron chi connectivity index (χ3n) is 7.63. The monoisotopic (exact) mass is 602 g/mol. The number of non-ortho nitro benzene ring substituents is 1. The molecule has 2 aliphatic rings. The van der Waals surface area contributed by atoms with Crippen molar-refractivity contribution in [3.8, 4) is 0 Å². The van der Waals surface area contributed by atoms with Gasteiger partial charge in [0.05, 0.1) is 35.3 Å². The summed E-state index contributed by atoms with van der Waals surface area (Å²) in [6.45, 7) is 5.17. The summed E-state index contributed by atoms with van der Waals surface area (Å²) in [7, 11) is 0. The standard InChI is InChI=1S/C31H30N4O7S/c1-4-41-30(37)25-20(23-9-7-13-43-23)15-22-26(28(25)36)24(18-8-6-12-33-16-18)27(31(38)42-5-2)29(32)34(22)21-11-10-19(35(39)40)14-17(21)3/h6-14,16,20,24-25H,4-5,15,32H2,1-3H3/t20-,24+,25+/m0/s1. The highest BCUT2D eigenvalue weighted by Gasteiger charge is 2.51. The molecule has 1 aromatic carbocycles. The molecular formula is C31H30N4O7S. The smallest absolute Gasteiger partial charge is 0.338 e. The maximum atomic E-state index is 14.7. The number of thiophene rings is 1. The van der Waals surface area contributed by atoms with Crippen molar-refractivity contribution in [2.75, 3.05) is 18.1 Å². The summed E-state index contributed by atoms with van der Waals surface area (Å²) >= 11 is 1.42. The molecular weight excluding hydrogens is 572 g/mol. The highest BCUT2D eigenvalue weighted by molar-refractivity contribution is 7.10. The number of carbonyl (C=O) groups excluding carboxylic acids is 3. The minimum absolute atomic E-state index is 0.0110. The molecule has 12 heteroatoms. The number of pyridine rings is 1. The van der Waals surface area contributed by atoms with Crippen molar-refractivity contribution < 1.29 is 28.8 Å². The summed E-state index contributed by atoms with van der Waals surface area (Å²) in [6, 6.07) is 11.4. The Bertz CT molecular complexity index is 1650. The molecule has 3 atom stereocenters. The van der Waals surface area contributed by atoms with Crippen LogP contribution in [0.15, 0.2) is 82.9 Å². The van der Waals surface area contributed by atoms with Gasteiger partial charge in [-0.2, -0.15) is 0 Å². The van der Waals surface area contributed by atoms with Gasteiger partial charge in [0.15, 0.2) is 5.78 Å². The molecule has 0 saturated carbocycles. The lowest BCUT2D eigenvalue weighted by atomic mass is 9.68. The van der Waals surface area contributed by atoms with Gasteiger partial charge in [0, 0.05) is 46.6 Å². The molecule has 0 bridgehead atoms. The zero-order valence-electron chi connectivity index (χ0n) is 23.8. The predicted octanol–water partition coefficient (Wildman–Crippen LogP) is 4.89. The number of anilines is 1. The highest BCUT2D eigenvalue weighted by atomic mass is 32.1. The fourth-order valence-corrected chi connectivity index (χ4v) is 6.73. The third kappa shape index (κ3) is 5.29. The Labute approximate surface area is 251 Å². The maximum Gasteiger partial charge on any atom is 0.338 e. The van der Waals surface area contributed by atoms with E-state index < -0.39 is 40.4 Å². The van der Waals surface area contributed by atoms with Crippen LogP contribution in [-0.4, -0.2) is 40.8 Å². The van der Waals surface area contributed by atoms with Crippen molar-refractivity contribution in [1.29, 1.82) is 0 Å². The molecule has 2 aromatic heterocycles. The molecule has 0 fully saturated rings. The van der Waals surface area contributed by atoms with Gasteiger partial charge in [-0.05, 0) is 61.9 Å². The van der Waals surface area contributed by atoms with E-state index in [1.807, 2.05) is 17.5 Å². The first kappa shape index (κ1) is 29.6. The number of aromatic nitrogens is 1. The van der Waals surface area contributed by atoms with E-state index in [0.717, 1.165) is 4.88 Å². The number of carbonyl (C=O) groups is 3. The van der Waals surface area contributed by atoms with Crippen LogP contribution in [0.5, 0.6) is 0 Å². The summed E-state index contributed by atoms with van der Waals surface area (Å²) in [5.74, 6) is -4.57. The number of ether oxygens (including phenoxy) is 2. The number of nitro groups is 1. The molecule has 3 heterocycles. The Morgan fingerprint density at radius 2 is 1.93 bits per heavy atom. The second kappa shape index (κ2) is 12.2. The van der Waals surface area contributed by atoms with Crippen molar-refractivity contribution in [3.63, 3.8) is 0 Å². The number of nitro benzene ring substituents is 1. The van der Waals surface area contributed by atoms with Crippen LogP contribution < -0.4 is 10.6 Å². The zero-order valence-corrected chi connectivity index (χ0v) is 24.6. The molecule has 2 N–H and O–H groups in total. The molecule has 11 nitrogen and oxygen atoms in total. The topological polar surface area (TPSA) is 155 Å². The Morgan fingerprint density at radius 1 is 1.16 bits per heavy atom. The summed E-state index contributed by atoms with van der Waals surface area (Å²) in [5.41, 5.74) is 8.91. The van der Waals surface area contributed by atoms with Crippen LogP contribution in [0.3, 0.4) is 0 Å². The number of hydrogen-bond donors (Lipinski definition) is 1. The zero-order chi connectivity index (χ0) is 30.8. The molecule has 3 aromatic rings. The number of aryl methyl sites for hydroxylation is 1. The van der Waals surface area contributed by atoms with Crippen LogP contribution in [0, 0.1) is 23.0 Å².